The number of ether oxygens (including phenoxy) is 1. The Morgan fingerprint density at radius 1 is 1.39 bits per heavy atom. The minimum Gasteiger partial charge on any atom is -0.492 e. The van der Waals surface area contributed by atoms with Gasteiger partial charge in [0.15, 0.2) is 0 Å². The summed E-state index contributed by atoms with van der Waals surface area (Å²) in [6.45, 7) is 7.85. The number of hydrogen-bond donors (Lipinski definition) is 2. The molecule has 5 nitrogen and oxygen atoms in total. The molecule has 0 bridgehead atoms. The minimum atomic E-state index is 0.0895. The largest absolute Gasteiger partial charge is 0.492 e. The van der Waals surface area contributed by atoms with Gasteiger partial charge in [0.05, 0.1) is 5.92 Å². The molecule has 0 saturated carbocycles. The van der Waals surface area contributed by atoms with Crippen molar-refractivity contribution in [2.45, 2.75) is 26.2 Å². The summed E-state index contributed by atoms with van der Waals surface area (Å²) in [4.78, 5) is 14.6. The van der Waals surface area contributed by atoms with E-state index in [1.54, 1.807) is 0 Å². The van der Waals surface area contributed by atoms with E-state index in [1.165, 1.54) is 25.9 Å². The molecule has 1 atom stereocenters. The third-order valence-electron chi connectivity index (χ3n) is 4.74. The summed E-state index contributed by atoms with van der Waals surface area (Å²) in [5.41, 5.74) is 1.92. The predicted molar refractivity (Wildman–Crippen MR) is 92.0 cm³/mol. The van der Waals surface area contributed by atoms with Gasteiger partial charge in [0.25, 0.3) is 0 Å². The van der Waals surface area contributed by atoms with Crippen LogP contribution in [0.15, 0.2) is 18.2 Å². The number of hydrogen-bond acceptors (Lipinski definition) is 4. The number of amides is 1. The molecule has 2 aliphatic rings. The lowest BCUT2D eigenvalue weighted by atomic mass is 10.1. The number of aryl methyl sites for hydroxylation is 1. The van der Waals surface area contributed by atoms with Crippen molar-refractivity contribution in [3.05, 3.63) is 23.8 Å². The highest BCUT2D eigenvalue weighted by atomic mass is 16.5. The lowest BCUT2D eigenvalue weighted by molar-refractivity contribution is -0.119. The van der Waals surface area contributed by atoms with Crippen LogP contribution in [-0.2, 0) is 4.79 Å². The molecule has 1 aromatic carbocycles. The van der Waals surface area contributed by atoms with Crippen LogP contribution in [-0.4, -0.2) is 50.1 Å². The Kier molecular flexibility index (Phi) is 5.51. The van der Waals surface area contributed by atoms with Crippen molar-refractivity contribution in [3.8, 4) is 5.75 Å². The first-order valence-corrected chi connectivity index (χ1v) is 8.70. The third kappa shape index (κ3) is 4.45. The van der Waals surface area contributed by atoms with Gasteiger partial charge in [-0.25, -0.2) is 0 Å². The average Bonchev–Trinajstić information content (AvgIpc) is 3.22. The summed E-state index contributed by atoms with van der Waals surface area (Å²) in [5.74, 6) is 1.11. The van der Waals surface area contributed by atoms with E-state index in [0.717, 1.165) is 49.7 Å². The molecule has 3 rings (SSSR count). The number of likely N-dealkylation sites (tertiary alicyclic amines) is 1. The zero-order valence-corrected chi connectivity index (χ0v) is 13.9. The van der Waals surface area contributed by atoms with Crippen LogP contribution in [0, 0.1) is 12.8 Å². The molecule has 0 aliphatic carbocycles. The van der Waals surface area contributed by atoms with Crippen molar-refractivity contribution >= 4 is 11.6 Å². The number of nitrogens with zero attached hydrogens (tertiary/aromatic N) is 1. The van der Waals surface area contributed by atoms with Gasteiger partial charge in [0.2, 0.25) is 5.91 Å². The maximum Gasteiger partial charge on any atom is 0.228 e. The third-order valence-corrected chi connectivity index (χ3v) is 4.74. The first-order valence-electron chi connectivity index (χ1n) is 8.70. The van der Waals surface area contributed by atoms with Gasteiger partial charge in [-0.05, 0) is 69.6 Å². The Balaban J connectivity index is 1.49. The molecule has 2 heterocycles. The van der Waals surface area contributed by atoms with Crippen LogP contribution < -0.4 is 15.4 Å². The molecule has 1 aromatic rings. The number of benzene rings is 1. The average molecular weight is 317 g/mol. The van der Waals surface area contributed by atoms with Crippen LogP contribution >= 0.6 is 0 Å². The molecule has 0 aromatic heterocycles. The number of anilines is 1. The van der Waals surface area contributed by atoms with Gasteiger partial charge >= 0.3 is 0 Å². The monoisotopic (exact) mass is 317 g/mol. The number of nitrogens with one attached hydrogen (secondary N) is 2. The van der Waals surface area contributed by atoms with Crippen molar-refractivity contribution < 1.29 is 9.53 Å². The van der Waals surface area contributed by atoms with Crippen LogP contribution in [0.5, 0.6) is 5.75 Å². The van der Waals surface area contributed by atoms with E-state index in [9.17, 15) is 4.79 Å². The van der Waals surface area contributed by atoms with Crippen LogP contribution in [0.2, 0.25) is 0 Å². The molecule has 0 radical (unpaired) electrons. The van der Waals surface area contributed by atoms with Crippen molar-refractivity contribution in [2.24, 2.45) is 5.92 Å². The Bertz CT molecular complexity index is 535. The topological polar surface area (TPSA) is 53.6 Å². The van der Waals surface area contributed by atoms with E-state index in [2.05, 4.69) is 15.5 Å². The Morgan fingerprint density at radius 2 is 2.22 bits per heavy atom. The lowest BCUT2D eigenvalue weighted by Crippen LogP contribution is -2.25. The first kappa shape index (κ1) is 16.3. The van der Waals surface area contributed by atoms with Crippen molar-refractivity contribution in [1.29, 1.82) is 0 Å². The summed E-state index contributed by atoms with van der Waals surface area (Å²) in [6.07, 6.45) is 3.54. The fourth-order valence-corrected chi connectivity index (χ4v) is 3.30. The van der Waals surface area contributed by atoms with Gasteiger partial charge < -0.3 is 15.4 Å². The molecule has 2 N–H and O–H groups in total. The quantitative estimate of drug-likeness (QED) is 0.843. The zero-order chi connectivity index (χ0) is 16.1. The minimum absolute atomic E-state index is 0.0895. The summed E-state index contributed by atoms with van der Waals surface area (Å²) in [7, 11) is 0. The highest BCUT2D eigenvalue weighted by Crippen LogP contribution is 2.23. The zero-order valence-electron chi connectivity index (χ0n) is 13.9. The smallest absolute Gasteiger partial charge is 0.228 e. The summed E-state index contributed by atoms with van der Waals surface area (Å²) < 4.78 is 5.89. The van der Waals surface area contributed by atoms with E-state index < -0.39 is 0 Å². The van der Waals surface area contributed by atoms with Crippen LogP contribution in [0.25, 0.3) is 0 Å². The first-order chi connectivity index (χ1) is 11.2. The molecule has 1 unspecified atom stereocenters. The molecule has 2 saturated heterocycles. The van der Waals surface area contributed by atoms with E-state index in [0.29, 0.717) is 0 Å². The van der Waals surface area contributed by atoms with Gasteiger partial charge in [-0.2, -0.15) is 0 Å². The molecule has 23 heavy (non-hydrogen) atoms. The van der Waals surface area contributed by atoms with Crippen molar-refractivity contribution in [1.82, 2.24) is 10.2 Å². The summed E-state index contributed by atoms with van der Waals surface area (Å²) in [6, 6.07) is 5.88. The molecule has 5 heteroatoms. The molecule has 2 aliphatic heterocycles. The molecule has 126 valence electrons. The van der Waals surface area contributed by atoms with Gasteiger partial charge in [-0.1, -0.05) is 0 Å². The maximum atomic E-state index is 12.1. The second-order valence-corrected chi connectivity index (χ2v) is 6.56. The molecule has 0 spiro atoms. The maximum absolute atomic E-state index is 12.1. The van der Waals surface area contributed by atoms with Gasteiger partial charge in [-0.3, -0.25) is 9.69 Å². The van der Waals surface area contributed by atoms with Crippen LogP contribution in [0.1, 0.15) is 24.8 Å². The van der Waals surface area contributed by atoms with Crippen LogP contribution in [0.3, 0.4) is 0 Å². The summed E-state index contributed by atoms with van der Waals surface area (Å²) in [5, 5.41) is 6.23. The van der Waals surface area contributed by atoms with Gasteiger partial charge in [0.1, 0.15) is 12.4 Å². The van der Waals surface area contributed by atoms with Crippen LogP contribution in [0.4, 0.5) is 5.69 Å². The number of rotatable bonds is 6. The van der Waals surface area contributed by atoms with E-state index in [1.807, 2.05) is 25.1 Å². The highest BCUT2D eigenvalue weighted by Gasteiger charge is 2.22. The molecular formula is C18H27N3O2. The number of carbonyl (C=O) groups excluding carboxylic acids is 1. The molecule has 1 amide bonds. The second kappa shape index (κ2) is 7.79. The summed E-state index contributed by atoms with van der Waals surface area (Å²) >= 11 is 0. The van der Waals surface area contributed by atoms with Gasteiger partial charge in [-0.15, -0.1) is 0 Å². The fraction of sp³-hybridized carbons (Fsp3) is 0.611. The van der Waals surface area contributed by atoms with E-state index in [4.69, 9.17) is 4.74 Å². The SMILES string of the molecule is Cc1cc(NC(=O)C2CCNC2)ccc1OCCN1CCCC1. The number of carbonyl (C=O) groups is 1. The lowest BCUT2D eigenvalue weighted by Gasteiger charge is -2.16. The normalized spacial score (nSPS) is 21.5. The second-order valence-electron chi connectivity index (χ2n) is 6.56. The Morgan fingerprint density at radius 3 is 2.91 bits per heavy atom. The Labute approximate surface area is 138 Å². The van der Waals surface area contributed by atoms with Crippen molar-refractivity contribution in [2.75, 3.05) is 44.6 Å². The van der Waals surface area contributed by atoms with E-state index >= 15 is 0 Å². The van der Waals surface area contributed by atoms with Gasteiger partial charge in [0, 0.05) is 18.8 Å². The fourth-order valence-electron chi connectivity index (χ4n) is 3.30. The van der Waals surface area contributed by atoms with E-state index in [-0.39, 0.29) is 11.8 Å². The highest BCUT2D eigenvalue weighted by molar-refractivity contribution is 5.93. The molecule has 2 fully saturated rings. The standard InChI is InChI=1S/C18H27N3O2/c1-14-12-16(20-18(22)15-6-7-19-13-15)4-5-17(14)23-11-10-21-8-2-3-9-21/h4-5,12,15,19H,2-3,6-11,13H2,1H3,(H,20,22). The van der Waals surface area contributed by atoms with Crippen molar-refractivity contribution in [3.63, 3.8) is 0 Å². The Hall–Kier alpha value is -1.59. The predicted octanol–water partition coefficient (Wildman–Crippen LogP) is 2.02. The molecular weight excluding hydrogens is 290 g/mol.